The van der Waals surface area contributed by atoms with Gasteiger partial charge in [0.15, 0.2) is 0 Å². The van der Waals surface area contributed by atoms with Crippen molar-refractivity contribution in [1.29, 1.82) is 0 Å². The molecule has 156 valence electrons. The number of hydrogen-bond donors (Lipinski definition) is 1. The molecule has 0 aromatic heterocycles. The van der Waals surface area contributed by atoms with Crippen LogP contribution in [-0.2, 0) is 4.74 Å². The molecule has 0 spiro atoms. The highest BCUT2D eigenvalue weighted by Crippen LogP contribution is 2.28. The zero-order chi connectivity index (χ0) is 19.6. The third-order valence-corrected chi connectivity index (χ3v) is 5.88. The summed E-state index contributed by atoms with van der Waals surface area (Å²) in [6, 6.07) is 8.16. The van der Waals surface area contributed by atoms with Gasteiger partial charge in [0.25, 0.3) is 0 Å². The van der Waals surface area contributed by atoms with E-state index in [1.807, 2.05) is 24.3 Å². The molecule has 1 saturated heterocycles. The summed E-state index contributed by atoms with van der Waals surface area (Å²) in [5.74, 6) is 0.793. The number of carbonyl (C=O) groups is 1. The first-order chi connectivity index (χ1) is 13.7. The summed E-state index contributed by atoms with van der Waals surface area (Å²) in [5, 5.41) is 2.87. The molecule has 2 unspecified atom stereocenters. The van der Waals surface area contributed by atoms with Gasteiger partial charge in [0.1, 0.15) is 11.9 Å². The molecular weight excluding hydrogens is 352 g/mol. The van der Waals surface area contributed by atoms with Crippen molar-refractivity contribution in [2.45, 2.75) is 83.3 Å². The summed E-state index contributed by atoms with van der Waals surface area (Å²) in [6.45, 7) is 5.33. The van der Waals surface area contributed by atoms with Gasteiger partial charge in [0.2, 0.25) is 0 Å². The Hall–Kier alpha value is -1.75. The maximum Gasteiger partial charge on any atom is 0.411 e. The third kappa shape index (κ3) is 6.69. The van der Waals surface area contributed by atoms with Crippen LogP contribution in [0.2, 0.25) is 0 Å². The van der Waals surface area contributed by atoms with Crippen molar-refractivity contribution in [1.82, 2.24) is 4.90 Å². The van der Waals surface area contributed by atoms with Crippen molar-refractivity contribution in [3.8, 4) is 5.75 Å². The van der Waals surface area contributed by atoms with Crippen LogP contribution < -0.4 is 10.1 Å². The molecule has 5 heteroatoms. The number of benzene rings is 1. The van der Waals surface area contributed by atoms with Crippen LogP contribution in [-0.4, -0.2) is 42.8 Å². The molecule has 2 aliphatic rings. The van der Waals surface area contributed by atoms with E-state index >= 15 is 0 Å². The zero-order valence-electron chi connectivity index (χ0n) is 17.3. The highest BCUT2D eigenvalue weighted by Gasteiger charge is 2.30. The van der Waals surface area contributed by atoms with Crippen LogP contribution in [0.1, 0.15) is 71.1 Å². The van der Waals surface area contributed by atoms with E-state index in [2.05, 4.69) is 17.1 Å². The Labute approximate surface area is 169 Å². The van der Waals surface area contributed by atoms with E-state index < -0.39 is 0 Å². The molecule has 2 atom stereocenters. The predicted octanol–water partition coefficient (Wildman–Crippen LogP) is 5.60. The Morgan fingerprint density at radius 1 is 1.14 bits per heavy atom. The summed E-state index contributed by atoms with van der Waals surface area (Å²) in [4.78, 5) is 14.9. The SMILES string of the molecule is CCCCCCOc1cccc(NC(=O)OC2CCCC(N3CCCC3)C2)c1. The van der Waals surface area contributed by atoms with Crippen LogP contribution in [0.4, 0.5) is 10.5 Å². The highest BCUT2D eigenvalue weighted by atomic mass is 16.6. The number of nitrogens with zero attached hydrogens (tertiary/aromatic N) is 1. The predicted molar refractivity (Wildman–Crippen MR) is 113 cm³/mol. The number of anilines is 1. The van der Waals surface area contributed by atoms with Gasteiger partial charge in [-0.15, -0.1) is 0 Å². The second kappa shape index (κ2) is 11.3. The Bertz CT molecular complexity index is 601. The van der Waals surface area contributed by atoms with E-state index in [4.69, 9.17) is 9.47 Å². The molecule has 1 aromatic rings. The van der Waals surface area contributed by atoms with Gasteiger partial charge in [-0.3, -0.25) is 5.32 Å². The van der Waals surface area contributed by atoms with Gasteiger partial charge < -0.3 is 14.4 Å². The maximum absolute atomic E-state index is 12.4. The van der Waals surface area contributed by atoms with E-state index in [1.165, 1.54) is 51.6 Å². The van der Waals surface area contributed by atoms with E-state index in [0.29, 0.717) is 12.6 Å². The van der Waals surface area contributed by atoms with Crippen molar-refractivity contribution in [2.75, 3.05) is 25.0 Å². The van der Waals surface area contributed by atoms with Gasteiger partial charge in [-0.05, 0) is 63.7 Å². The van der Waals surface area contributed by atoms with Gasteiger partial charge in [-0.25, -0.2) is 4.79 Å². The molecule has 1 aliphatic carbocycles. The summed E-state index contributed by atoms with van der Waals surface area (Å²) < 4.78 is 11.5. The minimum Gasteiger partial charge on any atom is -0.494 e. The van der Waals surface area contributed by atoms with Crippen molar-refractivity contribution in [3.63, 3.8) is 0 Å². The van der Waals surface area contributed by atoms with Crippen LogP contribution in [0.25, 0.3) is 0 Å². The van der Waals surface area contributed by atoms with Gasteiger partial charge in [0.05, 0.1) is 6.61 Å². The molecule has 0 bridgehead atoms. The Morgan fingerprint density at radius 2 is 2.00 bits per heavy atom. The molecule has 3 rings (SSSR count). The van der Waals surface area contributed by atoms with Gasteiger partial charge in [-0.2, -0.15) is 0 Å². The first kappa shape index (κ1) is 21.0. The minimum absolute atomic E-state index is 0.0253. The second-order valence-corrected chi connectivity index (χ2v) is 8.15. The van der Waals surface area contributed by atoms with Crippen LogP contribution in [0.15, 0.2) is 24.3 Å². The molecule has 1 aliphatic heterocycles. The molecule has 1 N–H and O–H groups in total. The molecule has 1 saturated carbocycles. The van der Waals surface area contributed by atoms with Crippen LogP contribution in [0.5, 0.6) is 5.75 Å². The standard InChI is InChI=1S/C23H36N2O3/c1-2-3-4-7-16-27-21-12-8-10-19(17-21)24-23(26)28-22-13-9-11-20(18-22)25-14-5-6-15-25/h8,10,12,17,20,22H,2-7,9,11,13-16,18H2,1H3,(H,24,26). The maximum atomic E-state index is 12.4. The van der Waals surface area contributed by atoms with E-state index in [-0.39, 0.29) is 12.2 Å². The van der Waals surface area contributed by atoms with Crippen molar-refractivity contribution in [3.05, 3.63) is 24.3 Å². The second-order valence-electron chi connectivity index (χ2n) is 8.15. The third-order valence-electron chi connectivity index (χ3n) is 5.88. The number of unbranched alkanes of at least 4 members (excludes halogenated alkanes) is 3. The van der Waals surface area contributed by atoms with Crippen molar-refractivity contribution in [2.24, 2.45) is 0 Å². The first-order valence-electron chi connectivity index (χ1n) is 11.2. The fraction of sp³-hybridized carbons (Fsp3) is 0.696. The summed E-state index contributed by atoms with van der Waals surface area (Å²) in [7, 11) is 0. The molecule has 0 radical (unpaired) electrons. The number of hydrogen-bond acceptors (Lipinski definition) is 4. The van der Waals surface area contributed by atoms with Gasteiger partial charge >= 0.3 is 6.09 Å². The minimum atomic E-state index is -0.354. The van der Waals surface area contributed by atoms with Crippen LogP contribution >= 0.6 is 0 Å². The fourth-order valence-corrected chi connectivity index (χ4v) is 4.35. The summed E-state index contributed by atoms with van der Waals surface area (Å²) in [5.41, 5.74) is 0.725. The van der Waals surface area contributed by atoms with E-state index in [9.17, 15) is 4.79 Å². The number of ether oxygens (including phenoxy) is 2. The van der Waals surface area contributed by atoms with Crippen LogP contribution in [0.3, 0.4) is 0 Å². The highest BCUT2D eigenvalue weighted by molar-refractivity contribution is 5.84. The van der Waals surface area contributed by atoms with Gasteiger partial charge in [-0.1, -0.05) is 32.3 Å². The van der Waals surface area contributed by atoms with Crippen molar-refractivity contribution >= 4 is 11.8 Å². The number of likely N-dealkylation sites (tertiary alicyclic amines) is 1. The lowest BCUT2D eigenvalue weighted by Gasteiger charge is -2.34. The number of rotatable bonds is 9. The smallest absolute Gasteiger partial charge is 0.411 e. The molecule has 2 fully saturated rings. The number of nitrogens with one attached hydrogen (secondary N) is 1. The summed E-state index contributed by atoms with van der Waals surface area (Å²) in [6.07, 6.45) is 11.3. The molecule has 1 amide bonds. The van der Waals surface area contributed by atoms with Crippen molar-refractivity contribution < 1.29 is 14.3 Å². The molecule has 5 nitrogen and oxygen atoms in total. The number of amides is 1. The Balaban J connectivity index is 1.42. The average molecular weight is 389 g/mol. The largest absolute Gasteiger partial charge is 0.494 e. The average Bonchev–Trinajstić information content (AvgIpc) is 3.23. The van der Waals surface area contributed by atoms with Gasteiger partial charge in [0, 0.05) is 24.2 Å². The molecule has 28 heavy (non-hydrogen) atoms. The number of carbonyl (C=O) groups excluding carboxylic acids is 1. The lowest BCUT2D eigenvalue weighted by molar-refractivity contribution is 0.0520. The summed E-state index contributed by atoms with van der Waals surface area (Å²) >= 11 is 0. The first-order valence-corrected chi connectivity index (χ1v) is 11.2. The molecular formula is C23H36N2O3. The fourth-order valence-electron chi connectivity index (χ4n) is 4.35. The molecule has 1 heterocycles. The Morgan fingerprint density at radius 3 is 2.82 bits per heavy atom. The lowest BCUT2D eigenvalue weighted by Crippen LogP contribution is -2.40. The topological polar surface area (TPSA) is 50.8 Å². The zero-order valence-corrected chi connectivity index (χ0v) is 17.3. The normalized spacial score (nSPS) is 22.8. The monoisotopic (exact) mass is 388 g/mol. The van der Waals surface area contributed by atoms with E-state index in [1.54, 1.807) is 0 Å². The molecule has 1 aromatic carbocycles. The van der Waals surface area contributed by atoms with Crippen LogP contribution in [0, 0.1) is 0 Å². The van der Waals surface area contributed by atoms with E-state index in [0.717, 1.165) is 37.1 Å². The quantitative estimate of drug-likeness (QED) is 0.559. The lowest BCUT2D eigenvalue weighted by atomic mass is 9.92. The Kier molecular flexibility index (Phi) is 8.46.